The Hall–Kier alpha value is -1.79. The fraction of sp³-hybridized carbons (Fsp3) is 0.429. The van der Waals surface area contributed by atoms with Crippen LogP contribution in [0.2, 0.25) is 0 Å². The molecule has 1 aliphatic heterocycles. The summed E-state index contributed by atoms with van der Waals surface area (Å²) in [7, 11) is 1.64. The number of aryl methyl sites for hydroxylation is 1. The summed E-state index contributed by atoms with van der Waals surface area (Å²) in [5.41, 5.74) is 1.87. The van der Waals surface area contributed by atoms with E-state index in [1.807, 2.05) is 0 Å². The fourth-order valence-electron chi connectivity index (χ4n) is 2.57. The molecule has 2 aromatic rings. The van der Waals surface area contributed by atoms with Crippen LogP contribution in [0.5, 0.6) is 0 Å². The Labute approximate surface area is 127 Å². The minimum Gasteiger partial charge on any atom is -0.408 e. The van der Waals surface area contributed by atoms with Crippen LogP contribution in [0.25, 0.3) is 11.1 Å². The first-order chi connectivity index (χ1) is 9.63. The van der Waals surface area contributed by atoms with Crippen molar-refractivity contribution in [1.82, 2.24) is 9.88 Å². The topological polar surface area (TPSA) is 76.3 Å². The number of nitrogens with zero attached hydrogens (tertiary/aromatic N) is 1. The second-order valence-corrected chi connectivity index (χ2v) is 5.16. The van der Waals surface area contributed by atoms with Crippen LogP contribution in [-0.2, 0) is 11.8 Å². The Bertz CT molecular complexity index is 701. The van der Waals surface area contributed by atoms with Gasteiger partial charge in [0.05, 0.1) is 5.52 Å². The van der Waals surface area contributed by atoms with Crippen molar-refractivity contribution in [2.24, 2.45) is 7.05 Å². The molecule has 114 valence electrons. The molecule has 0 radical (unpaired) electrons. The van der Waals surface area contributed by atoms with Crippen molar-refractivity contribution in [1.29, 1.82) is 0 Å². The van der Waals surface area contributed by atoms with Gasteiger partial charge in [-0.05, 0) is 37.6 Å². The Morgan fingerprint density at radius 1 is 1.52 bits per heavy atom. The Kier molecular flexibility index (Phi) is 4.69. The van der Waals surface area contributed by atoms with E-state index in [4.69, 9.17) is 4.42 Å². The molecule has 21 heavy (non-hydrogen) atoms. The highest BCUT2D eigenvalue weighted by molar-refractivity contribution is 5.93. The third-order valence-corrected chi connectivity index (χ3v) is 3.67. The van der Waals surface area contributed by atoms with Gasteiger partial charge in [0.15, 0.2) is 5.58 Å². The van der Waals surface area contributed by atoms with Crippen molar-refractivity contribution >= 4 is 35.1 Å². The van der Waals surface area contributed by atoms with Crippen LogP contribution in [0, 0.1) is 0 Å². The van der Waals surface area contributed by atoms with E-state index in [0.29, 0.717) is 23.2 Å². The van der Waals surface area contributed by atoms with Gasteiger partial charge in [0.1, 0.15) is 0 Å². The van der Waals surface area contributed by atoms with Gasteiger partial charge in [0, 0.05) is 25.2 Å². The summed E-state index contributed by atoms with van der Waals surface area (Å²) in [6.45, 7) is 0.987. The maximum atomic E-state index is 12.0. The number of nitrogens with one attached hydrogen (secondary N) is 2. The second kappa shape index (κ2) is 6.32. The normalized spacial score (nSPS) is 17.7. The average molecular weight is 312 g/mol. The molecule has 1 atom stereocenters. The highest BCUT2D eigenvalue weighted by atomic mass is 35.5. The Morgan fingerprint density at radius 3 is 3.05 bits per heavy atom. The SMILES string of the molecule is Cl.Cn1c(=O)oc2ccc(NC(=O)CC3CCCN3)cc21. The number of rotatable bonds is 3. The molecular weight excluding hydrogens is 294 g/mol. The van der Waals surface area contributed by atoms with Gasteiger partial charge >= 0.3 is 5.76 Å². The predicted molar refractivity (Wildman–Crippen MR) is 83.0 cm³/mol. The van der Waals surface area contributed by atoms with Crippen molar-refractivity contribution in [2.75, 3.05) is 11.9 Å². The number of carbonyl (C=O) groups is 1. The lowest BCUT2D eigenvalue weighted by Gasteiger charge is -2.10. The number of carbonyl (C=O) groups excluding carboxylic acids is 1. The van der Waals surface area contributed by atoms with Gasteiger partial charge in [-0.15, -0.1) is 12.4 Å². The molecule has 2 N–H and O–H groups in total. The van der Waals surface area contributed by atoms with Gasteiger partial charge in [-0.25, -0.2) is 4.79 Å². The maximum absolute atomic E-state index is 12.0. The molecule has 0 aliphatic carbocycles. The standard InChI is InChI=1S/C14H17N3O3.ClH/c1-17-11-7-10(4-5-12(11)20-14(17)19)16-13(18)8-9-3-2-6-15-9;/h4-5,7,9,15H,2-3,6,8H2,1H3,(H,16,18);1H. The van der Waals surface area contributed by atoms with Gasteiger partial charge in [-0.1, -0.05) is 0 Å². The quantitative estimate of drug-likeness (QED) is 0.903. The number of oxazole rings is 1. The monoisotopic (exact) mass is 311 g/mol. The van der Waals surface area contributed by atoms with E-state index in [-0.39, 0.29) is 24.4 Å². The first-order valence-corrected chi connectivity index (χ1v) is 6.76. The van der Waals surface area contributed by atoms with Crippen molar-refractivity contribution in [3.05, 3.63) is 28.7 Å². The van der Waals surface area contributed by atoms with Gasteiger partial charge in [0.2, 0.25) is 5.91 Å². The van der Waals surface area contributed by atoms with Crippen LogP contribution in [0.3, 0.4) is 0 Å². The summed E-state index contributed by atoms with van der Waals surface area (Å²) in [5.74, 6) is -0.420. The molecule has 1 aromatic carbocycles. The zero-order chi connectivity index (χ0) is 14.1. The molecule has 7 heteroatoms. The van der Waals surface area contributed by atoms with Gasteiger partial charge in [-0.2, -0.15) is 0 Å². The highest BCUT2D eigenvalue weighted by Crippen LogP contribution is 2.18. The number of halogens is 1. The summed E-state index contributed by atoms with van der Waals surface area (Å²) in [6, 6.07) is 5.46. The predicted octanol–water partition coefficient (Wildman–Crippen LogP) is 1.63. The first kappa shape index (κ1) is 15.6. The van der Waals surface area contributed by atoms with E-state index in [0.717, 1.165) is 19.4 Å². The summed E-state index contributed by atoms with van der Waals surface area (Å²) in [4.78, 5) is 23.4. The largest absolute Gasteiger partial charge is 0.419 e. The fourth-order valence-corrected chi connectivity index (χ4v) is 2.57. The molecule has 1 aliphatic rings. The number of amides is 1. The second-order valence-electron chi connectivity index (χ2n) is 5.16. The average Bonchev–Trinajstić information content (AvgIpc) is 3.00. The summed E-state index contributed by atoms with van der Waals surface area (Å²) < 4.78 is 6.47. The number of anilines is 1. The maximum Gasteiger partial charge on any atom is 0.419 e. The lowest BCUT2D eigenvalue weighted by atomic mass is 10.1. The smallest absolute Gasteiger partial charge is 0.408 e. The molecule has 1 amide bonds. The Balaban J connectivity index is 0.00000161. The van der Waals surface area contributed by atoms with Crippen molar-refractivity contribution < 1.29 is 9.21 Å². The van der Waals surface area contributed by atoms with Gasteiger partial charge in [0.25, 0.3) is 0 Å². The van der Waals surface area contributed by atoms with Crippen LogP contribution in [0.15, 0.2) is 27.4 Å². The van der Waals surface area contributed by atoms with E-state index in [9.17, 15) is 9.59 Å². The van der Waals surface area contributed by atoms with Gasteiger partial charge in [-0.3, -0.25) is 9.36 Å². The molecule has 3 rings (SSSR count). The number of hydrogen-bond acceptors (Lipinski definition) is 4. The summed E-state index contributed by atoms with van der Waals surface area (Å²) in [5, 5.41) is 6.16. The molecule has 1 saturated heterocycles. The first-order valence-electron chi connectivity index (χ1n) is 6.76. The van der Waals surface area contributed by atoms with Crippen LogP contribution in [-0.4, -0.2) is 23.1 Å². The number of hydrogen-bond donors (Lipinski definition) is 2. The third-order valence-electron chi connectivity index (χ3n) is 3.67. The van der Waals surface area contributed by atoms with E-state index in [1.165, 1.54) is 4.57 Å². The molecule has 2 heterocycles. The molecule has 1 aromatic heterocycles. The van der Waals surface area contributed by atoms with Crippen molar-refractivity contribution in [3.8, 4) is 0 Å². The molecule has 1 unspecified atom stereocenters. The van der Waals surface area contributed by atoms with E-state index in [1.54, 1.807) is 25.2 Å². The summed E-state index contributed by atoms with van der Waals surface area (Å²) in [6.07, 6.45) is 2.64. The third kappa shape index (κ3) is 3.28. The van der Waals surface area contributed by atoms with Crippen LogP contribution in [0.1, 0.15) is 19.3 Å². The number of aromatic nitrogens is 1. The molecular formula is C14H18ClN3O3. The molecule has 6 nitrogen and oxygen atoms in total. The van der Waals surface area contributed by atoms with E-state index >= 15 is 0 Å². The highest BCUT2D eigenvalue weighted by Gasteiger charge is 2.17. The lowest BCUT2D eigenvalue weighted by Crippen LogP contribution is -2.27. The van der Waals surface area contributed by atoms with Crippen molar-refractivity contribution in [3.63, 3.8) is 0 Å². The minimum atomic E-state index is -0.404. The van der Waals surface area contributed by atoms with E-state index in [2.05, 4.69) is 10.6 Å². The molecule has 1 fully saturated rings. The lowest BCUT2D eigenvalue weighted by molar-refractivity contribution is -0.116. The van der Waals surface area contributed by atoms with Crippen LogP contribution >= 0.6 is 12.4 Å². The molecule has 0 saturated carbocycles. The van der Waals surface area contributed by atoms with Gasteiger partial charge < -0.3 is 15.1 Å². The molecule has 0 bridgehead atoms. The van der Waals surface area contributed by atoms with Crippen LogP contribution < -0.4 is 16.4 Å². The zero-order valence-electron chi connectivity index (χ0n) is 11.7. The minimum absolute atomic E-state index is 0. The summed E-state index contributed by atoms with van der Waals surface area (Å²) >= 11 is 0. The molecule has 0 spiro atoms. The van der Waals surface area contributed by atoms with E-state index < -0.39 is 5.76 Å². The zero-order valence-corrected chi connectivity index (χ0v) is 12.5. The Morgan fingerprint density at radius 2 is 2.33 bits per heavy atom. The number of fused-ring (bicyclic) bond motifs is 1. The van der Waals surface area contributed by atoms with Crippen LogP contribution in [0.4, 0.5) is 5.69 Å². The van der Waals surface area contributed by atoms with Crippen molar-refractivity contribution in [2.45, 2.75) is 25.3 Å². The number of benzene rings is 1.